The van der Waals surface area contributed by atoms with Crippen LogP contribution < -0.4 is 11.1 Å². The van der Waals surface area contributed by atoms with Crippen LogP contribution in [-0.2, 0) is 19.4 Å². The van der Waals surface area contributed by atoms with Crippen LogP contribution in [0.2, 0.25) is 0 Å². The van der Waals surface area contributed by atoms with Gasteiger partial charge < -0.3 is 16.2 Å². The second kappa shape index (κ2) is 4.70. The Labute approximate surface area is 117 Å². The third-order valence-corrected chi connectivity index (χ3v) is 6.35. The number of carboxylic acids is 1. The number of amides is 1. The lowest BCUT2D eigenvalue weighted by atomic mass is 9.94. The van der Waals surface area contributed by atoms with Crippen molar-refractivity contribution in [2.45, 2.75) is 43.5 Å². The van der Waals surface area contributed by atoms with Crippen LogP contribution in [0.1, 0.15) is 26.7 Å². The van der Waals surface area contributed by atoms with Crippen molar-refractivity contribution in [2.75, 3.05) is 5.75 Å². The molecule has 1 amide bonds. The summed E-state index contributed by atoms with van der Waals surface area (Å²) in [6.45, 7) is 3.80. The van der Waals surface area contributed by atoms with E-state index in [4.69, 9.17) is 5.73 Å². The Morgan fingerprint density at radius 3 is 2.40 bits per heavy atom. The fourth-order valence-electron chi connectivity index (χ4n) is 2.95. The van der Waals surface area contributed by atoms with Crippen molar-refractivity contribution >= 4 is 21.7 Å². The van der Waals surface area contributed by atoms with Gasteiger partial charge in [-0.2, -0.15) is 0 Å². The zero-order chi connectivity index (χ0) is 15.3. The van der Waals surface area contributed by atoms with Crippen molar-refractivity contribution in [1.29, 1.82) is 0 Å². The summed E-state index contributed by atoms with van der Waals surface area (Å²) in [4.78, 5) is 23.5. The van der Waals surface area contributed by atoms with Crippen LogP contribution in [0.15, 0.2) is 0 Å². The van der Waals surface area contributed by atoms with Gasteiger partial charge in [-0.15, -0.1) is 0 Å². The molecule has 1 saturated carbocycles. The summed E-state index contributed by atoms with van der Waals surface area (Å²) in [5.74, 6) is -2.76. The number of hydrogen-bond acceptors (Lipinski definition) is 5. The molecule has 20 heavy (non-hydrogen) atoms. The van der Waals surface area contributed by atoms with Crippen LogP contribution >= 0.6 is 0 Å². The molecule has 4 atom stereocenters. The Morgan fingerprint density at radius 2 is 2.05 bits per heavy atom. The van der Waals surface area contributed by atoms with Crippen molar-refractivity contribution in [3.05, 3.63) is 0 Å². The van der Waals surface area contributed by atoms with Gasteiger partial charge in [0, 0.05) is 5.92 Å². The molecule has 8 heteroatoms. The van der Waals surface area contributed by atoms with Gasteiger partial charge in [0.05, 0.1) is 17.0 Å². The molecule has 0 aromatic heterocycles. The number of nitrogens with one attached hydrogen (secondary N) is 1. The van der Waals surface area contributed by atoms with E-state index in [0.717, 1.165) is 0 Å². The zero-order valence-electron chi connectivity index (χ0n) is 11.5. The highest BCUT2D eigenvalue weighted by Crippen LogP contribution is 2.52. The maximum Gasteiger partial charge on any atom is 0.330 e. The maximum atomic E-state index is 12.0. The molecule has 2 fully saturated rings. The smallest absolute Gasteiger partial charge is 0.330 e. The molecule has 0 spiro atoms. The minimum Gasteiger partial charge on any atom is -0.479 e. The molecule has 1 aliphatic carbocycles. The van der Waals surface area contributed by atoms with Crippen molar-refractivity contribution in [3.8, 4) is 0 Å². The van der Waals surface area contributed by atoms with Crippen molar-refractivity contribution in [2.24, 2.45) is 17.6 Å². The minimum absolute atomic E-state index is 0.192. The average molecular weight is 304 g/mol. The first-order valence-electron chi connectivity index (χ1n) is 6.62. The van der Waals surface area contributed by atoms with E-state index in [0.29, 0.717) is 12.8 Å². The zero-order valence-corrected chi connectivity index (χ0v) is 12.3. The first kappa shape index (κ1) is 15.2. The fourth-order valence-corrected chi connectivity index (χ4v) is 5.44. The lowest BCUT2D eigenvalue weighted by Gasteiger charge is -2.28. The van der Waals surface area contributed by atoms with Crippen LogP contribution in [-0.4, -0.2) is 48.0 Å². The minimum atomic E-state index is -3.43. The third-order valence-electron chi connectivity index (χ3n) is 4.05. The standard InChI is InChI=1S/C12H20N2O5S/c1-6(2)3-8(13)10(15)14-12(11(16)17)5-20(18,19)9-4-7(9)12/h6-9H,3-5,13H2,1-2H3,(H,14,15)(H,16,17)/t7-,8+,9+,12+/m1/s1. The van der Waals surface area contributed by atoms with Gasteiger partial charge in [-0.1, -0.05) is 13.8 Å². The predicted molar refractivity (Wildman–Crippen MR) is 71.6 cm³/mol. The number of carbonyl (C=O) groups excluding carboxylic acids is 1. The highest BCUT2D eigenvalue weighted by atomic mass is 32.2. The van der Waals surface area contributed by atoms with Crippen LogP contribution in [0, 0.1) is 11.8 Å². The number of sulfone groups is 1. The van der Waals surface area contributed by atoms with Gasteiger partial charge in [0.25, 0.3) is 0 Å². The number of nitrogens with two attached hydrogens (primary N) is 1. The molecule has 2 rings (SSSR count). The first-order valence-corrected chi connectivity index (χ1v) is 8.34. The number of hydrogen-bond donors (Lipinski definition) is 3. The molecule has 2 aliphatic rings. The summed E-state index contributed by atoms with van der Waals surface area (Å²) in [6.07, 6.45) is 0.719. The van der Waals surface area contributed by atoms with Crippen LogP contribution in [0.5, 0.6) is 0 Å². The Hall–Kier alpha value is -1.15. The van der Waals surface area contributed by atoms with E-state index in [2.05, 4.69) is 5.32 Å². The normalized spacial score (nSPS) is 35.4. The summed E-state index contributed by atoms with van der Waals surface area (Å²) in [7, 11) is -3.43. The lowest BCUT2D eigenvalue weighted by molar-refractivity contribution is -0.147. The van der Waals surface area contributed by atoms with Gasteiger partial charge in [-0.3, -0.25) is 4.79 Å². The number of aliphatic carboxylic acids is 1. The Kier molecular flexibility index (Phi) is 3.58. The van der Waals surface area contributed by atoms with Gasteiger partial charge in [0.15, 0.2) is 15.4 Å². The van der Waals surface area contributed by atoms with E-state index >= 15 is 0 Å². The molecule has 114 valence electrons. The highest BCUT2D eigenvalue weighted by Gasteiger charge is 2.70. The Balaban J connectivity index is 2.17. The van der Waals surface area contributed by atoms with Gasteiger partial charge in [-0.25, -0.2) is 13.2 Å². The summed E-state index contributed by atoms with van der Waals surface area (Å²) >= 11 is 0. The van der Waals surface area contributed by atoms with E-state index < -0.39 is 50.2 Å². The van der Waals surface area contributed by atoms with Crippen LogP contribution in [0.25, 0.3) is 0 Å². The van der Waals surface area contributed by atoms with Crippen molar-refractivity contribution in [3.63, 3.8) is 0 Å². The predicted octanol–water partition coefficient (Wildman–Crippen LogP) is -0.884. The average Bonchev–Trinajstić information content (AvgIpc) is 3.03. The topological polar surface area (TPSA) is 127 Å². The Morgan fingerprint density at radius 1 is 1.45 bits per heavy atom. The number of carboxylic acid groups (broad SMARTS) is 1. The number of carbonyl (C=O) groups is 2. The second-order valence-corrected chi connectivity index (χ2v) is 8.41. The molecule has 1 aliphatic heterocycles. The lowest BCUT2D eigenvalue weighted by Crippen LogP contribution is -2.61. The summed E-state index contributed by atoms with van der Waals surface area (Å²) in [5.41, 5.74) is 4.03. The fraction of sp³-hybridized carbons (Fsp3) is 0.833. The van der Waals surface area contributed by atoms with E-state index in [9.17, 15) is 23.1 Å². The molecule has 1 heterocycles. The molecule has 0 aromatic rings. The van der Waals surface area contributed by atoms with E-state index in [1.807, 2.05) is 13.8 Å². The van der Waals surface area contributed by atoms with Gasteiger partial charge >= 0.3 is 5.97 Å². The summed E-state index contributed by atoms with van der Waals surface area (Å²) in [6, 6.07) is -0.827. The monoisotopic (exact) mass is 304 g/mol. The molecule has 1 saturated heterocycles. The van der Waals surface area contributed by atoms with Crippen molar-refractivity contribution < 1.29 is 23.1 Å². The van der Waals surface area contributed by atoms with E-state index in [-0.39, 0.29) is 5.92 Å². The summed E-state index contributed by atoms with van der Waals surface area (Å²) < 4.78 is 23.6. The maximum absolute atomic E-state index is 12.0. The molecule has 0 bridgehead atoms. The molecule has 0 radical (unpaired) electrons. The van der Waals surface area contributed by atoms with Crippen LogP contribution in [0.3, 0.4) is 0 Å². The first-order chi connectivity index (χ1) is 9.10. The molecular weight excluding hydrogens is 284 g/mol. The quantitative estimate of drug-likeness (QED) is 0.605. The molecule has 7 nitrogen and oxygen atoms in total. The van der Waals surface area contributed by atoms with E-state index in [1.54, 1.807) is 0 Å². The third kappa shape index (κ3) is 2.42. The van der Waals surface area contributed by atoms with Gasteiger partial charge in [-0.05, 0) is 18.8 Å². The van der Waals surface area contributed by atoms with Gasteiger partial charge in [0.1, 0.15) is 0 Å². The van der Waals surface area contributed by atoms with Crippen molar-refractivity contribution in [1.82, 2.24) is 5.32 Å². The number of rotatable bonds is 5. The van der Waals surface area contributed by atoms with Gasteiger partial charge in [0.2, 0.25) is 5.91 Å². The largest absolute Gasteiger partial charge is 0.479 e. The molecule has 0 aromatic carbocycles. The highest BCUT2D eigenvalue weighted by molar-refractivity contribution is 7.92. The number of fused-ring (bicyclic) bond motifs is 1. The SMILES string of the molecule is CC(C)C[C@H](N)C(=O)N[C@@]1(C(=O)O)CS(=O)(=O)[C@H]2C[C@H]21. The Bertz CT molecular complexity index is 544. The molecule has 4 N–H and O–H groups in total. The second-order valence-electron chi connectivity index (χ2n) is 6.19. The summed E-state index contributed by atoms with van der Waals surface area (Å²) in [5, 5.41) is 11.2. The van der Waals surface area contributed by atoms with E-state index in [1.165, 1.54) is 0 Å². The molecular formula is C12H20N2O5S. The molecule has 0 unspecified atom stereocenters. The van der Waals surface area contributed by atoms with Crippen LogP contribution in [0.4, 0.5) is 0 Å².